The lowest BCUT2D eigenvalue weighted by molar-refractivity contribution is 0.0696. The number of benzene rings is 2. The van der Waals surface area contributed by atoms with E-state index in [1.54, 1.807) is 19.1 Å². The van der Waals surface area contributed by atoms with Crippen molar-refractivity contribution in [3.05, 3.63) is 56.5 Å². The second-order valence-electron chi connectivity index (χ2n) is 4.06. The van der Waals surface area contributed by atoms with E-state index in [9.17, 15) is 4.79 Å². The Labute approximate surface area is 127 Å². The van der Waals surface area contributed by atoms with Gasteiger partial charge in [0, 0.05) is 14.6 Å². The van der Waals surface area contributed by atoms with E-state index < -0.39 is 5.97 Å². The van der Waals surface area contributed by atoms with Crippen LogP contribution in [0.1, 0.15) is 15.9 Å². The van der Waals surface area contributed by atoms with Crippen LogP contribution in [0.2, 0.25) is 0 Å². The third-order valence-corrected chi connectivity index (χ3v) is 4.01. The molecule has 2 aromatic rings. The Balaban J connectivity index is 2.34. The molecule has 2 aromatic carbocycles. The number of nitrogens with one attached hydrogen (secondary N) is 1. The molecule has 0 atom stereocenters. The number of rotatable bonds is 3. The monoisotopic (exact) mass is 383 g/mol. The van der Waals surface area contributed by atoms with Gasteiger partial charge in [0.2, 0.25) is 0 Å². The summed E-state index contributed by atoms with van der Waals surface area (Å²) in [6.07, 6.45) is 0. The number of carboxylic acids is 1. The summed E-state index contributed by atoms with van der Waals surface area (Å²) >= 11 is 6.95. The number of carboxylic acid groups (broad SMARTS) is 1. The van der Waals surface area contributed by atoms with Gasteiger partial charge >= 0.3 is 5.97 Å². The van der Waals surface area contributed by atoms with Crippen molar-refractivity contribution in [2.24, 2.45) is 0 Å². The highest BCUT2D eigenvalue weighted by Gasteiger charge is 2.09. The predicted octanol–water partition coefficient (Wildman–Crippen LogP) is 4.96. The zero-order chi connectivity index (χ0) is 14.0. The Hall–Kier alpha value is -1.33. The summed E-state index contributed by atoms with van der Waals surface area (Å²) in [6, 6.07) is 11.0. The van der Waals surface area contributed by atoms with E-state index in [1.165, 1.54) is 0 Å². The fourth-order valence-corrected chi connectivity index (χ4v) is 2.94. The van der Waals surface area contributed by atoms with E-state index in [1.807, 2.05) is 24.3 Å². The predicted molar refractivity (Wildman–Crippen MR) is 83.3 cm³/mol. The molecular weight excluding hydrogens is 374 g/mol. The van der Waals surface area contributed by atoms with Gasteiger partial charge in [-0.3, -0.25) is 0 Å². The Morgan fingerprint density at radius 1 is 1.16 bits per heavy atom. The van der Waals surface area contributed by atoms with Crippen molar-refractivity contribution in [1.82, 2.24) is 0 Å². The van der Waals surface area contributed by atoms with Crippen LogP contribution in [-0.2, 0) is 0 Å². The van der Waals surface area contributed by atoms with Crippen molar-refractivity contribution in [2.45, 2.75) is 6.92 Å². The molecule has 98 valence electrons. The Morgan fingerprint density at radius 3 is 2.32 bits per heavy atom. The first kappa shape index (κ1) is 14.1. The Bertz CT molecular complexity index is 621. The number of halogens is 2. The van der Waals surface area contributed by atoms with Crippen LogP contribution in [0.4, 0.5) is 11.4 Å². The Kier molecular flexibility index (Phi) is 4.27. The molecule has 0 spiro atoms. The molecule has 19 heavy (non-hydrogen) atoms. The van der Waals surface area contributed by atoms with Gasteiger partial charge in [-0.15, -0.1) is 0 Å². The minimum atomic E-state index is -0.911. The van der Waals surface area contributed by atoms with Gasteiger partial charge in [-0.2, -0.15) is 0 Å². The van der Waals surface area contributed by atoms with Gasteiger partial charge in [0.25, 0.3) is 0 Å². The molecule has 0 unspecified atom stereocenters. The normalized spacial score (nSPS) is 10.3. The number of aromatic carboxylic acids is 1. The van der Waals surface area contributed by atoms with Crippen molar-refractivity contribution in [2.75, 3.05) is 5.32 Å². The largest absolute Gasteiger partial charge is 0.478 e. The molecule has 5 heteroatoms. The molecule has 0 fully saturated rings. The number of hydrogen-bond acceptors (Lipinski definition) is 2. The maximum Gasteiger partial charge on any atom is 0.335 e. The topological polar surface area (TPSA) is 49.3 Å². The van der Waals surface area contributed by atoms with Crippen LogP contribution in [0, 0.1) is 6.92 Å². The van der Waals surface area contributed by atoms with Crippen molar-refractivity contribution < 1.29 is 9.90 Å². The molecule has 2 rings (SSSR count). The van der Waals surface area contributed by atoms with Gasteiger partial charge in [0.1, 0.15) is 0 Å². The molecule has 3 nitrogen and oxygen atoms in total. The molecule has 0 saturated heterocycles. The second-order valence-corrected chi connectivity index (χ2v) is 5.77. The van der Waals surface area contributed by atoms with Crippen molar-refractivity contribution >= 4 is 49.2 Å². The first-order valence-electron chi connectivity index (χ1n) is 5.54. The maximum atomic E-state index is 11.0. The van der Waals surface area contributed by atoms with E-state index in [2.05, 4.69) is 37.2 Å². The number of para-hydroxylation sites is 1. The number of aryl methyl sites for hydroxylation is 1. The van der Waals surface area contributed by atoms with Crippen LogP contribution in [0.5, 0.6) is 0 Å². The first-order valence-corrected chi connectivity index (χ1v) is 7.12. The van der Waals surface area contributed by atoms with Crippen LogP contribution in [0.25, 0.3) is 0 Å². The van der Waals surface area contributed by atoms with Crippen LogP contribution in [0.15, 0.2) is 45.3 Å². The average molecular weight is 385 g/mol. The van der Waals surface area contributed by atoms with Crippen LogP contribution < -0.4 is 5.32 Å². The molecule has 0 aromatic heterocycles. The van der Waals surface area contributed by atoms with E-state index in [0.717, 1.165) is 25.9 Å². The smallest absolute Gasteiger partial charge is 0.335 e. The average Bonchev–Trinajstić information content (AvgIpc) is 2.33. The van der Waals surface area contributed by atoms with Crippen molar-refractivity contribution in [3.8, 4) is 0 Å². The quantitative estimate of drug-likeness (QED) is 0.785. The third-order valence-electron chi connectivity index (χ3n) is 2.69. The van der Waals surface area contributed by atoms with Crippen LogP contribution in [0.3, 0.4) is 0 Å². The van der Waals surface area contributed by atoms with E-state index in [4.69, 9.17) is 5.11 Å². The summed E-state index contributed by atoms with van der Waals surface area (Å²) in [7, 11) is 0. The van der Waals surface area contributed by atoms with Gasteiger partial charge in [-0.1, -0.05) is 6.07 Å². The highest BCUT2D eigenvalue weighted by Crippen LogP contribution is 2.33. The summed E-state index contributed by atoms with van der Waals surface area (Å²) in [6.45, 7) is 1.78. The zero-order valence-corrected chi connectivity index (χ0v) is 13.2. The molecule has 0 aliphatic heterocycles. The second kappa shape index (κ2) is 5.75. The molecule has 0 aliphatic carbocycles. The van der Waals surface area contributed by atoms with Gasteiger partial charge in [-0.05, 0) is 74.7 Å². The summed E-state index contributed by atoms with van der Waals surface area (Å²) < 4.78 is 1.86. The highest BCUT2D eigenvalue weighted by molar-refractivity contribution is 9.11. The van der Waals surface area contributed by atoms with Crippen molar-refractivity contribution in [3.63, 3.8) is 0 Å². The number of hydrogen-bond donors (Lipinski definition) is 2. The third kappa shape index (κ3) is 3.16. The van der Waals surface area contributed by atoms with Crippen molar-refractivity contribution in [1.29, 1.82) is 0 Å². The molecule has 0 aliphatic rings. The zero-order valence-electron chi connectivity index (χ0n) is 10.1. The summed E-state index contributed by atoms with van der Waals surface area (Å²) in [4.78, 5) is 11.0. The fraction of sp³-hybridized carbons (Fsp3) is 0.0714. The lowest BCUT2D eigenvalue weighted by Gasteiger charge is -2.12. The van der Waals surface area contributed by atoms with E-state index in [-0.39, 0.29) is 0 Å². The molecule has 0 heterocycles. The summed E-state index contributed by atoms with van der Waals surface area (Å²) in [5.41, 5.74) is 2.79. The molecule has 0 amide bonds. The lowest BCUT2D eigenvalue weighted by Crippen LogP contribution is -2.01. The lowest BCUT2D eigenvalue weighted by atomic mass is 10.1. The van der Waals surface area contributed by atoms with Gasteiger partial charge in [-0.25, -0.2) is 4.79 Å². The molecule has 0 radical (unpaired) electrons. The fourth-order valence-electron chi connectivity index (χ4n) is 1.74. The summed E-state index contributed by atoms with van der Waals surface area (Å²) in [5, 5.41) is 12.3. The van der Waals surface area contributed by atoms with Gasteiger partial charge in [0.05, 0.1) is 11.3 Å². The molecule has 0 bridgehead atoms. The van der Waals surface area contributed by atoms with Gasteiger partial charge < -0.3 is 10.4 Å². The maximum absolute atomic E-state index is 11.0. The first-order chi connectivity index (χ1) is 8.99. The number of anilines is 2. The minimum Gasteiger partial charge on any atom is -0.478 e. The van der Waals surface area contributed by atoms with E-state index in [0.29, 0.717) is 5.56 Å². The molecule has 0 saturated carbocycles. The minimum absolute atomic E-state index is 0.316. The number of carbonyl (C=O) groups is 1. The van der Waals surface area contributed by atoms with Gasteiger partial charge in [0.15, 0.2) is 0 Å². The van der Waals surface area contributed by atoms with Crippen LogP contribution >= 0.6 is 31.9 Å². The summed E-state index contributed by atoms with van der Waals surface area (Å²) in [5.74, 6) is -0.911. The molecular formula is C14H11Br2NO2. The van der Waals surface area contributed by atoms with E-state index >= 15 is 0 Å². The van der Waals surface area contributed by atoms with Crippen LogP contribution in [-0.4, -0.2) is 11.1 Å². The standard InChI is InChI=1S/C14H11Br2NO2/c1-8-7-9(5-6-10(8)14(18)19)17-13-11(15)3-2-4-12(13)16/h2-7,17H,1H3,(H,18,19). The Morgan fingerprint density at radius 2 is 1.79 bits per heavy atom. The SMILES string of the molecule is Cc1cc(Nc2c(Br)cccc2Br)ccc1C(=O)O. The molecule has 2 N–H and O–H groups in total. The highest BCUT2D eigenvalue weighted by atomic mass is 79.9.